The van der Waals surface area contributed by atoms with Crippen LogP contribution in [0, 0.1) is 5.92 Å². The summed E-state index contributed by atoms with van der Waals surface area (Å²) in [4.78, 5) is 0. The van der Waals surface area contributed by atoms with Crippen LogP contribution >= 0.6 is 12.2 Å². The molecular weight excluding hydrogens is 228 g/mol. The highest BCUT2D eigenvalue weighted by molar-refractivity contribution is 7.80. The van der Waals surface area contributed by atoms with Gasteiger partial charge in [0.05, 0.1) is 0 Å². The van der Waals surface area contributed by atoms with Crippen LogP contribution in [-0.4, -0.2) is 5.05 Å². The molecule has 3 rings (SSSR count). The lowest BCUT2D eigenvalue weighted by Crippen LogP contribution is -2.09. The van der Waals surface area contributed by atoms with Crippen LogP contribution in [0.5, 0.6) is 0 Å². The van der Waals surface area contributed by atoms with E-state index in [2.05, 4.69) is 43.3 Å². The molecule has 1 heterocycles. The maximum atomic E-state index is 5.67. The molecule has 0 saturated heterocycles. The third-order valence-corrected chi connectivity index (χ3v) is 3.78. The van der Waals surface area contributed by atoms with Gasteiger partial charge >= 0.3 is 0 Å². The summed E-state index contributed by atoms with van der Waals surface area (Å²) in [6.45, 7) is 2.84. The Bertz CT molecular complexity index is 540. The molecule has 1 aromatic carbocycles. The monoisotopic (exact) mass is 242 g/mol. The molecule has 2 heteroatoms. The van der Waals surface area contributed by atoms with Crippen LogP contribution in [-0.2, 0) is 11.3 Å². The van der Waals surface area contributed by atoms with Crippen LogP contribution in [0.25, 0.3) is 5.57 Å². The molecule has 0 spiro atoms. The topological polar surface area (TPSA) is 9.23 Å². The highest BCUT2D eigenvalue weighted by Crippen LogP contribution is 2.38. The van der Waals surface area contributed by atoms with Gasteiger partial charge in [0.15, 0.2) is 5.05 Å². The SMILES string of the molecule is CC1CC=CC2=C1c1ccccc1COC2=S. The van der Waals surface area contributed by atoms with E-state index in [9.17, 15) is 0 Å². The Hall–Kier alpha value is -1.41. The summed E-state index contributed by atoms with van der Waals surface area (Å²) < 4.78 is 5.67. The van der Waals surface area contributed by atoms with Gasteiger partial charge in [-0.25, -0.2) is 0 Å². The molecule has 0 amide bonds. The fourth-order valence-corrected chi connectivity index (χ4v) is 2.82. The Kier molecular flexibility index (Phi) is 2.60. The Labute approximate surface area is 107 Å². The average molecular weight is 242 g/mol. The molecule has 0 radical (unpaired) electrons. The van der Waals surface area contributed by atoms with Crippen LogP contribution in [0.1, 0.15) is 24.5 Å². The number of benzene rings is 1. The molecule has 0 N–H and O–H groups in total. The quantitative estimate of drug-likeness (QED) is 0.638. The first kappa shape index (κ1) is 10.7. The number of hydrogen-bond donors (Lipinski definition) is 0. The molecule has 1 atom stereocenters. The van der Waals surface area contributed by atoms with Crippen LogP contribution < -0.4 is 0 Å². The summed E-state index contributed by atoms with van der Waals surface area (Å²) in [6.07, 6.45) is 5.38. The summed E-state index contributed by atoms with van der Waals surface area (Å²) in [7, 11) is 0. The van der Waals surface area contributed by atoms with E-state index in [1.165, 1.54) is 16.7 Å². The smallest absolute Gasteiger partial charge is 0.191 e. The molecule has 2 aliphatic rings. The normalized spacial score (nSPS) is 22.6. The minimum absolute atomic E-state index is 0.510. The lowest BCUT2D eigenvalue weighted by molar-refractivity contribution is 0.303. The molecule has 1 aromatic rings. The Morgan fingerprint density at radius 1 is 1.29 bits per heavy atom. The molecule has 1 aliphatic carbocycles. The third-order valence-electron chi connectivity index (χ3n) is 3.44. The van der Waals surface area contributed by atoms with Crippen molar-refractivity contribution in [3.63, 3.8) is 0 Å². The highest BCUT2D eigenvalue weighted by Gasteiger charge is 2.25. The van der Waals surface area contributed by atoms with Gasteiger partial charge in [-0.1, -0.05) is 43.3 Å². The summed E-state index contributed by atoms with van der Waals surface area (Å²) in [5.41, 5.74) is 5.00. The Morgan fingerprint density at radius 2 is 2.12 bits per heavy atom. The standard InChI is InChI=1S/C15H14OS/c1-10-5-4-8-13-14(10)12-7-3-2-6-11(12)9-16-15(13)17/h2-4,6-8,10H,5,9H2,1H3. The van der Waals surface area contributed by atoms with E-state index in [0.29, 0.717) is 17.6 Å². The number of thiocarbonyl (C=S) groups is 1. The zero-order valence-electron chi connectivity index (χ0n) is 9.77. The van der Waals surface area contributed by atoms with Gasteiger partial charge in [0.1, 0.15) is 6.61 Å². The van der Waals surface area contributed by atoms with Gasteiger partial charge < -0.3 is 4.74 Å². The minimum atomic E-state index is 0.510. The van der Waals surface area contributed by atoms with Crippen molar-refractivity contribution < 1.29 is 4.74 Å². The number of allylic oxidation sites excluding steroid dienone is 2. The second-order valence-corrected chi connectivity index (χ2v) is 4.97. The Balaban J connectivity index is 2.26. The molecule has 1 aliphatic heterocycles. The van der Waals surface area contributed by atoms with Crippen LogP contribution in [0.3, 0.4) is 0 Å². The third kappa shape index (κ3) is 1.73. The minimum Gasteiger partial charge on any atom is -0.478 e. The summed E-state index contributed by atoms with van der Waals surface area (Å²) in [6, 6.07) is 8.44. The highest BCUT2D eigenvalue weighted by atomic mass is 32.1. The van der Waals surface area contributed by atoms with Crippen molar-refractivity contribution in [3.05, 3.63) is 53.1 Å². The molecule has 17 heavy (non-hydrogen) atoms. The van der Waals surface area contributed by atoms with Crippen LogP contribution in [0.2, 0.25) is 0 Å². The lowest BCUT2D eigenvalue weighted by Gasteiger charge is -2.21. The van der Waals surface area contributed by atoms with Gasteiger partial charge in [-0.05, 0) is 41.3 Å². The fourth-order valence-electron chi connectivity index (χ4n) is 2.58. The largest absolute Gasteiger partial charge is 0.478 e. The van der Waals surface area contributed by atoms with E-state index in [1.807, 2.05) is 0 Å². The molecule has 0 bridgehead atoms. The van der Waals surface area contributed by atoms with E-state index in [1.54, 1.807) is 0 Å². The predicted molar refractivity (Wildman–Crippen MR) is 73.7 cm³/mol. The van der Waals surface area contributed by atoms with Gasteiger partial charge in [0, 0.05) is 5.57 Å². The van der Waals surface area contributed by atoms with Crippen LogP contribution in [0.4, 0.5) is 0 Å². The van der Waals surface area contributed by atoms with E-state index >= 15 is 0 Å². The van der Waals surface area contributed by atoms with Crippen LogP contribution in [0.15, 0.2) is 42.0 Å². The zero-order valence-corrected chi connectivity index (χ0v) is 10.6. The maximum absolute atomic E-state index is 5.67. The molecule has 0 fully saturated rings. The van der Waals surface area contributed by atoms with Crippen molar-refractivity contribution in [1.82, 2.24) is 0 Å². The van der Waals surface area contributed by atoms with Gasteiger partial charge in [-0.15, -0.1) is 0 Å². The van der Waals surface area contributed by atoms with E-state index < -0.39 is 0 Å². The van der Waals surface area contributed by atoms with Crippen molar-refractivity contribution in [2.75, 3.05) is 0 Å². The number of fused-ring (bicyclic) bond motifs is 2. The molecule has 1 nitrogen and oxygen atoms in total. The predicted octanol–water partition coefficient (Wildman–Crippen LogP) is 3.89. The van der Waals surface area contributed by atoms with E-state index in [-0.39, 0.29) is 0 Å². The van der Waals surface area contributed by atoms with E-state index in [0.717, 1.165) is 12.0 Å². The Morgan fingerprint density at radius 3 is 3.00 bits per heavy atom. The second kappa shape index (κ2) is 4.11. The average Bonchev–Trinajstić information content (AvgIpc) is 2.49. The molecule has 86 valence electrons. The summed E-state index contributed by atoms with van der Waals surface area (Å²) >= 11 is 5.36. The van der Waals surface area contributed by atoms with Gasteiger partial charge in [0.25, 0.3) is 0 Å². The molecule has 0 aromatic heterocycles. The van der Waals surface area contributed by atoms with Crippen molar-refractivity contribution >= 4 is 22.8 Å². The van der Waals surface area contributed by atoms with Gasteiger partial charge in [-0.3, -0.25) is 0 Å². The van der Waals surface area contributed by atoms with Crippen molar-refractivity contribution in [2.45, 2.75) is 20.0 Å². The first-order chi connectivity index (χ1) is 8.27. The molecule has 0 saturated carbocycles. The summed E-state index contributed by atoms with van der Waals surface area (Å²) in [5.74, 6) is 0.510. The van der Waals surface area contributed by atoms with E-state index in [4.69, 9.17) is 17.0 Å². The first-order valence-electron chi connectivity index (χ1n) is 5.93. The number of rotatable bonds is 0. The summed E-state index contributed by atoms with van der Waals surface area (Å²) in [5, 5.41) is 0.638. The molecule has 1 unspecified atom stereocenters. The second-order valence-electron chi connectivity index (χ2n) is 4.60. The number of hydrogen-bond acceptors (Lipinski definition) is 2. The first-order valence-corrected chi connectivity index (χ1v) is 6.34. The zero-order chi connectivity index (χ0) is 11.8. The van der Waals surface area contributed by atoms with Gasteiger partial charge in [0.2, 0.25) is 0 Å². The van der Waals surface area contributed by atoms with Crippen molar-refractivity contribution in [3.8, 4) is 0 Å². The van der Waals surface area contributed by atoms with Crippen molar-refractivity contribution in [1.29, 1.82) is 0 Å². The fraction of sp³-hybridized carbons (Fsp3) is 0.267. The molecular formula is C15H14OS. The lowest BCUT2D eigenvalue weighted by atomic mass is 9.83. The van der Waals surface area contributed by atoms with Gasteiger partial charge in [-0.2, -0.15) is 0 Å². The maximum Gasteiger partial charge on any atom is 0.191 e. The number of ether oxygens (including phenoxy) is 1. The van der Waals surface area contributed by atoms with Crippen molar-refractivity contribution in [2.24, 2.45) is 5.92 Å².